The van der Waals surface area contributed by atoms with E-state index in [9.17, 15) is 9.90 Å². The fraction of sp³-hybridized carbons (Fsp3) is 0.964. The number of amides is 1. The molecule has 6 unspecified atom stereocenters. The maximum atomic E-state index is 13.7. The van der Waals surface area contributed by atoms with Gasteiger partial charge in [-0.1, -0.05) is 57.8 Å². The molecule has 202 valence electrons. The molecule has 2 saturated carbocycles. The summed E-state index contributed by atoms with van der Waals surface area (Å²) in [6, 6.07) is 0. The molecule has 7 nitrogen and oxygen atoms in total. The van der Waals surface area contributed by atoms with Crippen molar-refractivity contribution in [2.45, 2.75) is 127 Å². The van der Waals surface area contributed by atoms with E-state index in [0.717, 1.165) is 44.4 Å². The summed E-state index contributed by atoms with van der Waals surface area (Å²) in [5.74, 6) is 0.693. The lowest BCUT2D eigenvalue weighted by Crippen LogP contribution is -2.65. The highest BCUT2D eigenvalue weighted by Gasteiger charge is 2.58. The number of epoxide rings is 1. The van der Waals surface area contributed by atoms with Crippen molar-refractivity contribution in [3.8, 4) is 0 Å². The SMILES string of the molecule is COC1CCC(CN2C(=O)C(C3OC3CCCCC3CCCCCC3)C(O)C(OC)C2OC)CC1. The molecule has 1 N–H and O–H groups in total. The van der Waals surface area contributed by atoms with Crippen LogP contribution in [0.2, 0.25) is 0 Å². The Morgan fingerprint density at radius 3 is 2.17 bits per heavy atom. The third-order valence-electron chi connectivity index (χ3n) is 9.26. The average molecular weight is 496 g/mol. The number of unbranched alkanes of at least 4 members (excludes halogenated alkanes) is 1. The first-order valence-corrected chi connectivity index (χ1v) is 14.3. The van der Waals surface area contributed by atoms with Gasteiger partial charge in [0.1, 0.15) is 6.10 Å². The van der Waals surface area contributed by atoms with Gasteiger partial charge in [0.15, 0.2) is 6.23 Å². The molecule has 2 aliphatic heterocycles. The fourth-order valence-electron chi connectivity index (χ4n) is 7.02. The zero-order valence-electron chi connectivity index (χ0n) is 22.2. The number of rotatable bonds is 11. The maximum absolute atomic E-state index is 13.7. The van der Waals surface area contributed by atoms with E-state index in [0.29, 0.717) is 18.6 Å². The van der Waals surface area contributed by atoms with Gasteiger partial charge in [-0.3, -0.25) is 4.79 Å². The Balaban J connectivity index is 1.30. The second-order valence-electron chi connectivity index (χ2n) is 11.5. The first-order chi connectivity index (χ1) is 17.1. The number of nitrogens with zero attached hydrogens (tertiary/aromatic N) is 1. The minimum Gasteiger partial charge on any atom is -0.389 e. The van der Waals surface area contributed by atoms with Crippen molar-refractivity contribution >= 4 is 5.91 Å². The van der Waals surface area contributed by atoms with Crippen molar-refractivity contribution < 1.29 is 28.8 Å². The summed E-state index contributed by atoms with van der Waals surface area (Å²) >= 11 is 0. The van der Waals surface area contributed by atoms with E-state index in [-0.39, 0.29) is 18.1 Å². The van der Waals surface area contributed by atoms with Gasteiger partial charge in [-0.25, -0.2) is 0 Å². The number of aliphatic hydroxyl groups excluding tert-OH is 1. The maximum Gasteiger partial charge on any atom is 0.233 e. The van der Waals surface area contributed by atoms with Crippen molar-refractivity contribution in [3.05, 3.63) is 0 Å². The van der Waals surface area contributed by atoms with Gasteiger partial charge in [0.05, 0.1) is 30.3 Å². The topological polar surface area (TPSA) is 80.8 Å². The van der Waals surface area contributed by atoms with Gasteiger partial charge < -0.3 is 29.0 Å². The Morgan fingerprint density at radius 2 is 1.54 bits per heavy atom. The zero-order chi connectivity index (χ0) is 24.8. The molecule has 4 fully saturated rings. The van der Waals surface area contributed by atoms with E-state index in [1.165, 1.54) is 51.4 Å². The average Bonchev–Trinajstić information content (AvgIpc) is 3.67. The van der Waals surface area contributed by atoms with Crippen LogP contribution in [0.1, 0.15) is 89.9 Å². The summed E-state index contributed by atoms with van der Waals surface area (Å²) in [4.78, 5) is 15.5. The van der Waals surface area contributed by atoms with E-state index in [4.69, 9.17) is 18.9 Å². The molecule has 0 aromatic heterocycles. The molecule has 2 saturated heterocycles. The lowest BCUT2D eigenvalue weighted by atomic mass is 9.83. The van der Waals surface area contributed by atoms with E-state index >= 15 is 0 Å². The molecule has 7 heteroatoms. The van der Waals surface area contributed by atoms with Crippen LogP contribution >= 0.6 is 0 Å². The van der Waals surface area contributed by atoms with E-state index in [1.54, 1.807) is 21.3 Å². The Labute approximate surface area is 212 Å². The summed E-state index contributed by atoms with van der Waals surface area (Å²) in [5.41, 5.74) is 0. The summed E-state index contributed by atoms with van der Waals surface area (Å²) < 4.78 is 22.9. The number of hydrogen-bond donors (Lipinski definition) is 1. The Hall–Kier alpha value is -0.730. The molecule has 0 bridgehead atoms. The molecule has 0 spiro atoms. The number of carbonyl (C=O) groups excluding carboxylic acids is 1. The largest absolute Gasteiger partial charge is 0.389 e. The van der Waals surface area contributed by atoms with E-state index < -0.39 is 24.4 Å². The normalized spacial score (nSPS) is 39.0. The van der Waals surface area contributed by atoms with Crippen LogP contribution in [-0.4, -0.2) is 80.5 Å². The monoisotopic (exact) mass is 495 g/mol. The van der Waals surface area contributed by atoms with Crippen LogP contribution in [0, 0.1) is 17.8 Å². The zero-order valence-corrected chi connectivity index (χ0v) is 22.2. The fourth-order valence-corrected chi connectivity index (χ4v) is 7.02. The number of methoxy groups -OCH3 is 3. The number of likely N-dealkylation sites (tertiary alicyclic amines) is 1. The predicted molar refractivity (Wildman–Crippen MR) is 134 cm³/mol. The van der Waals surface area contributed by atoms with E-state index in [2.05, 4.69) is 0 Å². The van der Waals surface area contributed by atoms with Gasteiger partial charge in [0, 0.05) is 27.9 Å². The second kappa shape index (κ2) is 13.2. The number of hydrogen-bond acceptors (Lipinski definition) is 6. The first-order valence-electron chi connectivity index (χ1n) is 14.3. The lowest BCUT2D eigenvalue weighted by Gasteiger charge is -2.46. The molecular weight excluding hydrogens is 446 g/mol. The Morgan fingerprint density at radius 1 is 0.857 bits per heavy atom. The van der Waals surface area contributed by atoms with Crippen LogP contribution in [0.3, 0.4) is 0 Å². The van der Waals surface area contributed by atoms with Crippen LogP contribution < -0.4 is 0 Å². The predicted octanol–water partition coefficient (Wildman–Crippen LogP) is 4.30. The highest BCUT2D eigenvalue weighted by Crippen LogP contribution is 2.41. The highest BCUT2D eigenvalue weighted by atomic mass is 16.6. The lowest BCUT2D eigenvalue weighted by molar-refractivity contribution is -0.209. The molecule has 4 aliphatic rings. The summed E-state index contributed by atoms with van der Waals surface area (Å²) in [6.07, 6.45) is 15.3. The van der Waals surface area contributed by atoms with Gasteiger partial charge in [-0.15, -0.1) is 0 Å². The first kappa shape index (κ1) is 27.3. The molecule has 2 aliphatic carbocycles. The van der Waals surface area contributed by atoms with Crippen molar-refractivity contribution in [1.29, 1.82) is 0 Å². The molecule has 4 rings (SSSR count). The molecule has 2 heterocycles. The highest BCUT2D eigenvalue weighted by molar-refractivity contribution is 5.82. The molecule has 0 aromatic carbocycles. The van der Waals surface area contributed by atoms with Crippen molar-refractivity contribution in [2.75, 3.05) is 27.9 Å². The molecular formula is C28H49NO6. The van der Waals surface area contributed by atoms with Crippen molar-refractivity contribution in [3.63, 3.8) is 0 Å². The van der Waals surface area contributed by atoms with Crippen LogP contribution in [0.25, 0.3) is 0 Å². The summed E-state index contributed by atoms with van der Waals surface area (Å²) in [6.45, 7) is 0.635. The van der Waals surface area contributed by atoms with Crippen LogP contribution in [-0.2, 0) is 23.7 Å². The summed E-state index contributed by atoms with van der Waals surface area (Å²) in [5, 5.41) is 11.1. The number of piperidine rings is 1. The van der Waals surface area contributed by atoms with E-state index in [1.807, 2.05) is 4.90 Å². The third kappa shape index (κ3) is 6.78. The quantitative estimate of drug-likeness (QED) is 0.262. The summed E-state index contributed by atoms with van der Waals surface area (Å²) in [7, 11) is 4.96. The number of aliphatic hydroxyl groups is 1. The number of ether oxygens (including phenoxy) is 4. The number of carbonyl (C=O) groups is 1. The standard InChI is InChI=1S/C28H49NO6/c1-32-21-16-14-20(15-17-21)18-29-27(31)23(24(30)26(33-2)28(29)34-3)25-22(35-25)13-9-8-12-19-10-6-4-5-7-11-19/h19-26,28,30H,4-18H2,1-3H3. The van der Waals surface area contributed by atoms with Gasteiger partial charge in [0.25, 0.3) is 0 Å². The molecule has 35 heavy (non-hydrogen) atoms. The second-order valence-corrected chi connectivity index (χ2v) is 11.5. The Kier molecular flexibility index (Phi) is 10.3. The van der Waals surface area contributed by atoms with Crippen LogP contribution in [0.5, 0.6) is 0 Å². The molecule has 6 atom stereocenters. The van der Waals surface area contributed by atoms with Crippen LogP contribution in [0.15, 0.2) is 0 Å². The molecule has 0 aromatic rings. The molecule has 1 amide bonds. The van der Waals surface area contributed by atoms with Crippen LogP contribution in [0.4, 0.5) is 0 Å². The minimum atomic E-state index is -0.918. The third-order valence-corrected chi connectivity index (χ3v) is 9.26. The van der Waals surface area contributed by atoms with Gasteiger partial charge in [0.2, 0.25) is 5.91 Å². The van der Waals surface area contributed by atoms with Crippen molar-refractivity contribution in [2.24, 2.45) is 17.8 Å². The van der Waals surface area contributed by atoms with Gasteiger partial charge in [-0.05, 0) is 43.9 Å². The minimum absolute atomic E-state index is 0.0440. The Bertz CT molecular complexity index is 645. The van der Waals surface area contributed by atoms with Gasteiger partial charge >= 0.3 is 0 Å². The molecule has 0 radical (unpaired) electrons. The van der Waals surface area contributed by atoms with Crippen molar-refractivity contribution in [1.82, 2.24) is 4.90 Å². The van der Waals surface area contributed by atoms with Gasteiger partial charge in [-0.2, -0.15) is 0 Å². The smallest absolute Gasteiger partial charge is 0.233 e.